The number of thiophene rings is 1. The zero-order valence-electron chi connectivity index (χ0n) is 29.1. The predicted molar refractivity (Wildman–Crippen MR) is 208 cm³/mol. The van der Waals surface area contributed by atoms with E-state index in [9.17, 15) is 0 Å². The van der Waals surface area contributed by atoms with Crippen LogP contribution in [0.4, 0.5) is 0 Å². The van der Waals surface area contributed by atoms with Crippen LogP contribution in [0.1, 0.15) is 69.2 Å². The van der Waals surface area contributed by atoms with Crippen LogP contribution in [0.15, 0.2) is 97.1 Å². The van der Waals surface area contributed by atoms with Crippen molar-refractivity contribution in [3.05, 3.63) is 97.1 Å². The van der Waals surface area contributed by atoms with Gasteiger partial charge in [-0.25, -0.2) is 0 Å². The topological polar surface area (TPSA) is 4.93 Å². The maximum Gasteiger partial charge on any atom is 0.178 e. The number of aromatic nitrogens is 1. The summed E-state index contributed by atoms with van der Waals surface area (Å²) in [5.41, 5.74) is 6.04. The lowest BCUT2D eigenvalue weighted by molar-refractivity contribution is 0.177. The van der Waals surface area contributed by atoms with Crippen molar-refractivity contribution in [2.75, 3.05) is 0 Å². The molecule has 0 aliphatic carbocycles. The SMILES string of the molecule is CC.CC.CC.CC1(C)CB(c2cc3c4ccccc4n(-c4ccc5ccccc5c4)c3c3c2sc2ccccc23)CC1(C)C. The van der Waals surface area contributed by atoms with E-state index < -0.39 is 0 Å². The summed E-state index contributed by atoms with van der Waals surface area (Å²) in [5.74, 6) is 0. The van der Waals surface area contributed by atoms with Gasteiger partial charge in [0.25, 0.3) is 0 Å². The van der Waals surface area contributed by atoms with Crippen molar-refractivity contribution in [2.24, 2.45) is 10.8 Å². The first-order valence-electron chi connectivity index (χ1n) is 17.2. The number of para-hydroxylation sites is 1. The van der Waals surface area contributed by atoms with Crippen molar-refractivity contribution in [1.29, 1.82) is 0 Å². The molecule has 8 rings (SSSR count). The lowest BCUT2D eigenvalue weighted by Gasteiger charge is -2.35. The summed E-state index contributed by atoms with van der Waals surface area (Å²) >= 11 is 1.99. The Balaban J connectivity index is 0.000000632. The van der Waals surface area contributed by atoms with Gasteiger partial charge in [-0.1, -0.05) is 160 Å². The van der Waals surface area contributed by atoms with Crippen LogP contribution < -0.4 is 5.46 Å². The average Bonchev–Trinajstić information content (AvgIpc) is 3.69. The predicted octanol–water partition coefficient (Wildman–Crippen LogP) is 13.2. The van der Waals surface area contributed by atoms with Crippen LogP contribution in [0.25, 0.3) is 58.4 Å². The number of hydrogen-bond acceptors (Lipinski definition) is 1. The summed E-state index contributed by atoms with van der Waals surface area (Å²) < 4.78 is 5.39. The fourth-order valence-corrected chi connectivity index (χ4v) is 8.62. The number of fused-ring (bicyclic) bond motifs is 8. The van der Waals surface area contributed by atoms with Gasteiger partial charge in [-0.2, -0.15) is 0 Å². The molecule has 0 amide bonds. The van der Waals surface area contributed by atoms with E-state index in [1.165, 1.54) is 71.1 Å². The lowest BCUT2D eigenvalue weighted by Crippen LogP contribution is -2.28. The van der Waals surface area contributed by atoms with E-state index in [0.29, 0.717) is 17.5 Å². The highest BCUT2D eigenvalue weighted by molar-refractivity contribution is 7.27. The van der Waals surface area contributed by atoms with Gasteiger partial charge >= 0.3 is 0 Å². The molecule has 0 bridgehead atoms. The van der Waals surface area contributed by atoms with Crippen LogP contribution in [0.5, 0.6) is 0 Å². The van der Waals surface area contributed by atoms with E-state index >= 15 is 0 Å². The molecule has 0 atom stereocenters. The highest BCUT2D eigenvalue weighted by Crippen LogP contribution is 2.53. The summed E-state index contributed by atoms with van der Waals surface area (Å²) in [4.78, 5) is 0. The zero-order chi connectivity index (χ0) is 32.5. The molecule has 5 aromatic carbocycles. The van der Waals surface area contributed by atoms with Gasteiger partial charge in [-0.15, -0.1) is 11.3 Å². The molecule has 0 N–H and O–H groups in total. The first-order valence-corrected chi connectivity index (χ1v) is 18.0. The first-order chi connectivity index (χ1) is 21.8. The van der Waals surface area contributed by atoms with E-state index in [2.05, 4.69) is 129 Å². The van der Waals surface area contributed by atoms with Crippen molar-refractivity contribution < 1.29 is 0 Å². The smallest absolute Gasteiger partial charge is 0.178 e. The minimum atomic E-state index is 0.314. The van der Waals surface area contributed by atoms with Gasteiger partial charge in [-0.05, 0) is 45.9 Å². The van der Waals surface area contributed by atoms with Gasteiger partial charge in [0.1, 0.15) is 0 Å². The molecule has 0 saturated carbocycles. The minimum Gasteiger partial charge on any atom is -0.309 e. The number of rotatable bonds is 2. The third-order valence-electron chi connectivity index (χ3n) is 10.1. The van der Waals surface area contributed by atoms with Gasteiger partial charge in [0.2, 0.25) is 0 Å². The molecule has 0 unspecified atom stereocenters. The number of hydrogen-bond donors (Lipinski definition) is 0. The summed E-state index contributed by atoms with van der Waals surface area (Å²) in [6, 6.07) is 36.2. The molecule has 2 aromatic heterocycles. The second-order valence-electron chi connectivity index (χ2n) is 12.9. The molecule has 1 aliphatic rings. The van der Waals surface area contributed by atoms with Crippen LogP contribution in [-0.4, -0.2) is 11.3 Å². The molecular weight excluding hydrogens is 561 g/mol. The molecule has 1 fully saturated rings. The summed E-state index contributed by atoms with van der Waals surface area (Å²) in [6.07, 6.45) is 2.47. The molecule has 1 nitrogen and oxygen atoms in total. The van der Waals surface area contributed by atoms with Crippen LogP contribution in [0, 0.1) is 10.8 Å². The van der Waals surface area contributed by atoms with Gasteiger partial charge < -0.3 is 4.57 Å². The van der Waals surface area contributed by atoms with Crippen LogP contribution in [-0.2, 0) is 0 Å². The summed E-state index contributed by atoms with van der Waals surface area (Å²) in [7, 11) is 0. The number of benzene rings is 5. The van der Waals surface area contributed by atoms with Crippen LogP contribution in [0.3, 0.4) is 0 Å². The van der Waals surface area contributed by atoms with Gasteiger partial charge in [-0.3, -0.25) is 0 Å². The largest absolute Gasteiger partial charge is 0.309 e. The molecule has 7 aromatic rings. The fourth-order valence-electron chi connectivity index (χ4n) is 7.33. The van der Waals surface area contributed by atoms with Crippen LogP contribution >= 0.6 is 11.3 Å². The monoisotopic (exact) mass is 611 g/mol. The normalized spacial score (nSPS) is 15.0. The maximum atomic E-state index is 2.58. The molecular formula is C42H50BNS. The maximum absolute atomic E-state index is 2.58. The third kappa shape index (κ3) is 5.38. The third-order valence-corrected chi connectivity index (χ3v) is 11.3. The molecule has 45 heavy (non-hydrogen) atoms. The summed E-state index contributed by atoms with van der Waals surface area (Å²) in [5, 5.41) is 8.09. The Kier molecular flexibility index (Phi) is 9.52. The minimum absolute atomic E-state index is 0.314. The van der Waals surface area contributed by atoms with E-state index in [4.69, 9.17) is 0 Å². The van der Waals surface area contributed by atoms with E-state index in [-0.39, 0.29) is 0 Å². The fraction of sp³-hybridized carbons (Fsp3) is 0.333. The molecule has 1 saturated heterocycles. The Bertz CT molecular complexity index is 2080. The van der Waals surface area contributed by atoms with Crippen molar-refractivity contribution in [2.45, 2.75) is 81.9 Å². The second kappa shape index (κ2) is 13.0. The van der Waals surface area contributed by atoms with E-state index in [1.54, 1.807) is 5.46 Å². The molecule has 232 valence electrons. The molecule has 3 heteroatoms. The highest BCUT2D eigenvalue weighted by Gasteiger charge is 2.48. The Morgan fingerprint density at radius 2 is 1.18 bits per heavy atom. The molecule has 1 aliphatic heterocycles. The van der Waals surface area contributed by atoms with Crippen molar-refractivity contribution in [3.63, 3.8) is 0 Å². The van der Waals surface area contributed by atoms with Gasteiger partial charge in [0, 0.05) is 36.6 Å². The Labute approximate surface area is 275 Å². The Hall–Kier alpha value is -3.56. The second-order valence-corrected chi connectivity index (χ2v) is 14.0. The highest BCUT2D eigenvalue weighted by atomic mass is 32.1. The van der Waals surface area contributed by atoms with E-state index in [0.717, 1.165) is 0 Å². The van der Waals surface area contributed by atoms with Crippen molar-refractivity contribution in [3.8, 4) is 5.69 Å². The van der Waals surface area contributed by atoms with Crippen LogP contribution in [0.2, 0.25) is 12.6 Å². The van der Waals surface area contributed by atoms with Gasteiger partial charge in [0.05, 0.1) is 11.0 Å². The zero-order valence-corrected chi connectivity index (χ0v) is 29.9. The first kappa shape index (κ1) is 32.8. The standard InChI is InChI=1S/C36H32BNS.3C2H6/c1-35(2)21-37(22-36(35,3)4)29-20-28-26-13-7-9-15-30(26)38(25-18-17-23-11-5-6-12-24(23)19-25)33(28)32-27-14-8-10-16-31(27)39-34(29)32;3*1-2/h5-20H,21-22H2,1-4H3;3*1-2H3. The van der Waals surface area contributed by atoms with Crippen molar-refractivity contribution in [1.82, 2.24) is 4.57 Å². The lowest BCUT2D eigenvalue weighted by atomic mass is 9.42. The average molecular weight is 612 g/mol. The summed E-state index contributed by atoms with van der Waals surface area (Å²) in [6.45, 7) is 22.5. The van der Waals surface area contributed by atoms with E-state index in [1.807, 2.05) is 52.9 Å². The Morgan fingerprint density at radius 3 is 1.87 bits per heavy atom. The Morgan fingerprint density at radius 1 is 0.600 bits per heavy atom. The van der Waals surface area contributed by atoms with Crippen molar-refractivity contribution >= 4 is 76.3 Å². The molecule has 0 spiro atoms. The quantitative estimate of drug-likeness (QED) is 0.171. The van der Waals surface area contributed by atoms with Gasteiger partial charge in [0.15, 0.2) is 6.71 Å². The number of nitrogens with zero attached hydrogens (tertiary/aromatic N) is 1. The molecule has 3 heterocycles. The molecule has 0 radical (unpaired) electrons.